The Hall–Kier alpha value is -0.260. The fourth-order valence-electron chi connectivity index (χ4n) is 3.50. The minimum Gasteiger partial charge on any atom is -0.0999 e. The third kappa shape index (κ3) is 19.8. The smallest absolute Gasteiger partial charge is 0.0323 e. The Morgan fingerprint density at radius 2 is 0.667 bits per heavy atom. The third-order valence-electron chi connectivity index (χ3n) is 5.27. The first-order valence-corrected chi connectivity index (χ1v) is 11.5. The van der Waals surface area contributed by atoms with E-state index in [0.717, 1.165) is 0 Å². The molecule has 0 unspecified atom stereocenters. The lowest BCUT2D eigenvalue weighted by molar-refractivity contribution is 0.531. The molecule has 0 aromatic heterocycles. The van der Waals surface area contributed by atoms with Gasteiger partial charge in [0.25, 0.3) is 0 Å². The summed E-state index contributed by atoms with van der Waals surface area (Å²) in [6, 6.07) is 0. The largest absolute Gasteiger partial charge is 0.0999 e. The maximum absolute atomic E-state index is 4.23. The van der Waals surface area contributed by atoms with Crippen LogP contribution in [-0.2, 0) is 0 Å². The maximum Gasteiger partial charge on any atom is -0.0323 e. The first-order chi connectivity index (χ1) is 11.8. The van der Waals surface area contributed by atoms with Crippen molar-refractivity contribution in [3.63, 3.8) is 0 Å². The molecule has 0 atom stereocenters. The molecule has 0 aliphatic heterocycles. The number of rotatable bonds is 20. The van der Waals surface area contributed by atoms with Crippen molar-refractivity contribution < 1.29 is 0 Å². The van der Waals surface area contributed by atoms with Gasteiger partial charge in [0.15, 0.2) is 0 Å². The summed E-state index contributed by atoms with van der Waals surface area (Å²) in [5, 5.41) is 0. The van der Waals surface area contributed by atoms with Crippen LogP contribution < -0.4 is 0 Å². The summed E-state index contributed by atoms with van der Waals surface area (Å²) in [6.07, 6.45) is 28.4. The van der Waals surface area contributed by atoms with Gasteiger partial charge in [0, 0.05) is 0 Å². The second-order valence-electron chi connectivity index (χ2n) is 7.91. The lowest BCUT2D eigenvalue weighted by Crippen LogP contribution is -1.86. The molecule has 0 fully saturated rings. The fourth-order valence-corrected chi connectivity index (χ4v) is 3.50. The molecule has 0 rings (SSSR count). The molecule has 0 aromatic rings. The van der Waals surface area contributed by atoms with Crippen LogP contribution in [0.25, 0.3) is 0 Å². The summed E-state index contributed by atoms with van der Waals surface area (Å²) in [5.41, 5.74) is 1.50. The van der Waals surface area contributed by atoms with Crippen LogP contribution in [0.1, 0.15) is 142 Å². The Labute approximate surface area is 154 Å². The predicted molar refractivity (Wildman–Crippen MR) is 113 cm³/mol. The zero-order chi connectivity index (χ0) is 17.7. The van der Waals surface area contributed by atoms with E-state index in [0.29, 0.717) is 0 Å². The SMILES string of the molecule is C=C(CCCCC)CCCCCCCCCCCCCCCCC. The van der Waals surface area contributed by atoms with E-state index in [1.807, 2.05) is 0 Å². The van der Waals surface area contributed by atoms with Crippen molar-refractivity contribution in [1.29, 1.82) is 0 Å². The van der Waals surface area contributed by atoms with Crippen molar-refractivity contribution in [2.45, 2.75) is 142 Å². The Kier molecular flexibility index (Phi) is 20.6. The quantitative estimate of drug-likeness (QED) is 0.153. The molecule has 0 radical (unpaired) electrons. The normalized spacial score (nSPS) is 11.1. The molecule has 0 N–H and O–H groups in total. The van der Waals surface area contributed by atoms with Crippen molar-refractivity contribution >= 4 is 0 Å². The number of unbranched alkanes of at least 4 members (excludes halogenated alkanes) is 16. The number of hydrogen-bond acceptors (Lipinski definition) is 0. The fraction of sp³-hybridized carbons (Fsp3) is 0.917. The van der Waals surface area contributed by atoms with Crippen LogP contribution in [0.5, 0.6) is 0 Å². The van der Waals surface area contributed by atoms with E-state index < -0.39 is 0 Å². The molecular weight excluding hydrogens is 288 g/mol. The van der Waals surface area contributed by atoms with E-state index in [1.54, 1.807) is 0 Å². The second kappa shape index (κ2) is 20.8. The van der Waals surface area contributed by atoms with Gasteiger partial charge in [-0.3, -0.25) is 0 Å². The molecule has 0 saturated carbocycles. The summed E-state index contributed by atoms with van der Waals surface area (Å²) in [7, 11) is 0. The van der Waals surface area contributed by atoms with Gasteiger partial charge in [0.2, 0.25) is 0 Å². The van der Waals surface area contributed by atoms with Gasteiger partial charge in [-0.25, -0.2) is 0 Å². The van der Waals surface area contributed by atoms with Crippen molar-refractivity contribution in [1.82, 2.24) is 0 Å². The Bertz CT molecular complexity index is 240. The molecule has 0 amide bonds. The molecular formula is C24H48. The van der Waals surface area contributed by atoms with E-state index in [1.165, 1.54) is 134 Å². The van der Waals surface area contributed by atoms with Crippen LogP contribution in [0, 0.1) is 0 Å². The van der Waals surface area contributed by atoms with Crippen LogP contribution in [-0.4, -0.2) is 0 Å². The third-order valence-corrected chi connectivity index (χ3v) is 5.27. The van der Waals surface area contributed by atoms with Gasteiger partial charge in [0.1, 0.15) is 0 Å². The summed E-state index contributed by atoms with van der Waals surface area (Å²) in [6.45, 7) is 8.80. The summed E-state index contributed by atoms with van der Waals surface area (Å²) < 4.78 is 0. The molecule has 0 aliphatic rings. The van der Waals surface area contributed by atoms with E-state index >= 15 is 0 Å². The van der Waals surface area contributed by atoms with E-state index in [4.69, 9.17) is 0 Å². The van der Waals surface area contributed by atoms with E-state index in [-0.39, 0.29) is 0 Å². The molecule has 0 aliphatic carbocycles. The molecule has 0 heterocycles. The Balaban J connectivity index is 3.06. The van der Waals surface area contributed by atoms with Crippen LogP contribution in [0.4, 0.5) is 0 Å². The van der Waals surface area contributed by atoms with Gasteiger partial charge in [-0.1, -0.05) is 129 Å². The molecule has 0 heteroatoms. The molecule has 0 nitrogen and oxygen atoms in total. The highest BCUT2D eigenvalue weighted by atomic mass is 14.0. The molecule has 0 saturated heterocycles. The average Bonchev–Trinajstić information content (AvgIpc) is 2.58. The standard InChI is InChI=1S/C24H48/c1-4-6-8-9-10-11-12-13-14-15-16-17-18-19-21-23-24(3)22-20-7-5-2/h3-23H2,1-2H3. The van der Waals surface area contributed by atoms with Crippen molar-refractivity contribution in [3.8, 4) is 0 Å². The highest BCUT2D eigenvalue weighted by molar-refractivity contribution is 4.93. The molecule has 0 bridgehead atoms. The summed E-state index contributed by atoms with van der Waals surface area (Å²) in [5.74, 6) is 0. The second-order valence-corrected chi connectivity index (χ2v) is 7.91. The number of allylic oxidation sites excluding steroid dienone is 1. The van der Waals surface area contributed by atoms with E-state index in [9.17, 15) is 0 Å². The highest BCUT2D eigenvalue weighted by Gasteiger charge is 1.97. The lowest BCUT2D eigenvalue weighted by Gasteiger charge is -2.06. The predicted octanol–water partition coefficient (Wildman–Crippen LogP) is 9.38. The monoisotopic (exact) mass is 336 g/mol. The highest BCUT2D eigenvalue weighted by Crippen LogP contribution is 2.17. The maximum atomic E-state index is 4.23. The van der Waals surface area contributed by atoms with Crippen LogP contribution >= 0.6 is 0 Å². The van der Waals surface area contributed by atoms with Gasteiger partial charge in [-0.05, 0) is 25.7 Å². The van der Waals surface area contributed by atoms with Gasteiger partial charge in [-0.15, -0.1) is 0 Å². The lowest BCUT2D eigenvalue weighted by atomic mass is 10.0. The topological polar surface area (TPSA) is 0 Å². The Morgan fingerprint density at radius 1 is 0.417 bits per heavy atom. The minimum absolute atomic E-state index is 1.27. The van der Waals surface area contributed by atoms with Gasteiger partial charge >= 0.3 is 0 Å². The van der Waals surface area contributed by atoms with Crippen molar-refractivity contribution in [2.75, 3.05) is 0 Å². The summed E-state index contributed by atoms with van der Waals surface area (Å²) in [4.78, 5) is 0. The van der Waals surface area contributed by atoms with Gasteiger partial charge in [-0.2, -0.15) is 0 Å². The zero-order valence-electron chi connectivity index (χ0n) is 17.3. The first kappa shape index (κ1) is 23.7. The molecule has 0 spiro atoms. The molecule has 0 aromatic carbocycles. The number of hydrogen-bond donors (Lipinski definition) is 0. The van der Waals surface area contributed by atoms with Crippen molar-refractivity contribution in [2.24, 2.45) is 0 Å². The zero-order valence-corrected chi connectivity index (χ0v) is 17.3. The van der Waals surface area contributed by atoms with Crippen LogP contribution in [0.2, 0.25) is 0 Å². The molecule has 144 valence electrons. The van der Waals surface area contributed by atoms with Crippen LogP contribution in [0.15, 0.2) is 12.2 Å². The van der Waals surface area contributed by atoms with Gasteiger partial charge in [0.05, 0.1) is 0 Å². The average molecular weight is 337 g/mol. The summed E-state index contributed by atoms with van der Waals surface area (Å²) >= 11 is 0. The minimum atomic E-state index is 1.27. The van der Waals surface area contributed by atoms with E-state index in [2.05, 4.69) is 20.4 Å². The molecule has 24 heavy (non-hydrogen) atoms. The van der Waals surface area contributed by atoms with Crippen molar-refractivity contribution in [3.05, 3.63) is 12.2 Å². The first-order valence-electron chi connectivity index (χ1n) is 11.5. The van der Waals surface area contributed by atoms with Gasteiger partial charge < -0.3 is 0 Å². The Morgan fingerprint density at radius 3 is 1.04 bits per heavy atom. The van der Waals surface area contributed by atoms with Crippen LogP contribution in [0.3, 0.4) is 0 Å².